The first kappa shape index (κ1) is 19.7. The number of rotatable bonds is 5. The van der Waals surface area contributed by atoms with Crippen LogP contribution in [0.1, 0.15) is 23.3 Å². The number of nitrogens with zero attached hydrogens (tertiary/aromatic N) is 3. The number of amides is 2. The Kier molecular flexibility index (Phi) is 5.79. The number of nitrogens with one attached hydrogen (secondary N) is 1. The Hall–Kier alpha value is -3.61. The molecule has 0 spiro atoms. The zero-order valence-electron chi connectivity index (χ0n) is 16.8. The van der Waals surface area contributed by atoms with Gasteiger partial charge in [0, 0.05) is 43.2 Å². The molecule has 0 saturated carbocycles. The molecule has 1 aromatic carbocycles. The van der Waals surface area contributed by atoms with Crippen LogP contribution >= 0.6 is 0 Å². The summed E-state index contributed by atoms with van der Waals surface area (Å²) in [4.78, 5) is 31.7. The van der Waals surface area contributed by atoms with Gasteiger partial charge in [0.1, 0.15) is 11.4 Å². The molecule has 0 bridgehead atoms. The molecular formula is C23H24N4O3. The zero-order valence-corrected chi connectivity index (χ0v) is 16.8. The number of ether oxygens (including phenoxy) is 1. The summed E-state index contributed by atoms with van der Waals surface area (Å²) < 4.78 is 7.04. The van der Waals surface area contributed by atoms with Gasteiger partial charge in [-0.1, -0.05) is 6.07 Å². The lowest BCUT2D eigenvalue weighted by molar-refractivity contribution is -0.121. The Bertz CT molecular complexity index is 1020. The Balaban J connectivity index is 1.37. The van der Waals surface area contributed by atoms with E-state index in [0.717, 1.165) is 5.69 Å². The second kappa shape index (κ2) is 8.82. The number of hydrogen-bond donors (Lipinski definition) is 1. The standard InChI is InChI=1S/C23H24N4O3/c1-30-20-7-2-5-18(15-20)25-22(28)17-9-13-26(14-10-17)23(29)21-8-4-12-27(21)19-6-3-11-24-16-19/h2-8,11-12,15-17H,9-10,13-14H2,1H3,(H,25,28). The van der Waals surface area contributed by atoms with Gasteiger partial charge in [0.25, 0.3) is 5.91 Å². The monoisotopic (exact) mass is 404 g/mol. The van der Waals surface area contributed by atoms with Gasteiger partial charge in [-0.3, -0.25) is 14.6 Å². The van der Waals surface area contributed by atoms with E-state index < -0.39 is 0 Å². The van der Waals surface area contributed by atoms with E-state index >= 15 is 0 Å². The molecule has 2 aromatic heterocycles. The normalized spacial score (nSPS) is 14.4. The van der Waals surface area contributed by atoms with Crippen molar-refractivity contribution in [2.24, 2.45) is 5.92 Å². The predicted octanol–water partition coefficient (Wildman–Crippen LogP) is 3.37. The summed E-state index contributed by atoms with van der Waals surface area (Å²) in [5.74, 6) is 0.528. The molecule has 0 atom stereocenters. The first-order valence-electron chi connectivity index (χ1n) is 9.97. The van der Waals surface area contributed by atoms with E-state index in [1.54, 1.807) is 25.6 Å². The number of hydrogen-bond acceptors (Lipinski definition) is 4. The summed E-state index contributed by atoms with van der Waals surface area (Å²) in [5, 5.41) is 2.96. The van der Waals surface area contributed by atoms with Gasteiger partial charge < -0.3 is 19.5 Å². The summed E-state index contributed by atoms with van der Waals surface area (Å²) >= 11 is 0. The van der Waals surface area contributed by atoms with Crippen LogP contribution in [0.15, 0.2) is 67.1 Å². The molecule has 0 radical (unpaired) electrons. The van der Waals surface area contributed by atoms with Crippen molar-refractivity contribution in [2.45, 2.75) is 12.8 Å². The molecule has 7 nitrogen and oxygen atoms in total. The fraction of sp³-hybridized carbons (Fsp3) is 0.261. The van der Waals surface area contributed by atoms with Crippen molar-refractivity contribution in [2.75, 3.05) is 25.5 Å². The Morgan fingerprint density at radius 1 is 1.10 bits per heavy atom. The molecule has 7 heteroatoms. The van der Waals surface area contributed by atoms with Crippen molar-refractivity contribution in [3.63, 3.8) is 0 Å². The highest BCUT2D eigenvalue weighted by molar-refractivity contribution is 5.95. The van der Waals surface area contributed by atoms with Crippen LogP contribution < -0.4 is 10.1 Å². The third-order valence-corrected chi connectivity index (χ3v) is 5.38. The van der Waals surface area contributed by atoms with Crippen molar-refractivity contribution in [3.05, 3.63) is 72.8 Å². The number of carbonyl (C=O) groups is 2. The highest BCUT2D eigenvalue weighted by Gasteiger charge is 2.29. The lowest BCUT2D eigenvalue weighted by Crippen LogP contribution is -2.42. The number of likely N-dealkylation sites (tertiary alicyclic amines) is 1. The van der Waals surface area contributed by atoms with Gasteiger partial charge in [-0.15, -0.1) is 0 Å². The summed E-state index contributed by atoms with van der Waals surface area (Å²) in [7, 11) is 1.60. The van der Waals surface area contributed by atoms with Crippen LogP contribution in [0.5, 0.6) is 5.75 Å². The maximum Gasteiger partial charge on any atom is 0.270 e. The van der Waals surface area contributed by atoms with Crippen molar-refractivity contribution >= 4 is 17.5 Å². The van der Waals surface area contributed by atoms with E-state index in [1.165, 1.54) is 0 Å². The summed E-state index contributed by atoms with van der Waals surface area (Å²) in [6.45, 7) is 1.10. The van der Waals surface area contributed by atoms with E-state index in [4.69, 9.17) is 4.74 Å². The maximum absolute atomic E-state index is 13.1. The van der Waals surface area contributed by atoms with E-state index in [-0.39, 0.29) is 17.7 Å². The lowest BCUT2D eigenvalue weighted by atomic mass is 9.95. The van der Waals surface area contributed by atoms with Crippen LogP contribution in [0.2, 0.25) is 0 Å². The quantitative estimate of drug-likeness (QED) is 0.707. The SMILES string of the molecule is COc1cccc(NC(=O)C2CCN(C(=O)c3cccn3-c3cccnc3)CC2)c1. The van der Waals surface area contributed by atoms with Crippen molar-refractivity contribution in [1.29, 1.82) is 0 Å². The van der Waals surface area contributed by atoms with Gasteiger partial charge in [0.2, 0.25) is 5.91 Å². The van der Waals surface area contributed by atoms with Crippen LogP contribution in [0.3, 0.4) is 0 Å². The molecule has 1 saturated heterocycles. The molecular weight excluding hydrogens is 380 g/mol. The molecule has 4 rings (SSSR count). The average Bonchev–Trinajstić information content (AvgIpc) is 3.29. The zero-order chi connectivity index (χ0) is 20.9. The summed E-state index contributed by atoms with van der Waals surface area (Å²) in [6.07, 6.45) is 6.56. The third-order valence-electron chi connectivity index (χ3n) is 5.38. The third kappa shape index (κ3) is 4.20. The first-order valence-corrected chi connectivity index (χ1v) is 9.97. The first-order chi connectivity index (χ1) is 14.7. The molecule has 0 unspecified atom stereocenters. The number of aromatic nitrogens is 2. The van der Waals surface area contributed by atoms with Gasteiger partial charge >= 0.3 is 0 Å². The summed E-state index contributed by atoms with van der Waals surface area (Å²) in [5.41, 5.74) is 2.16. The highest BCUT2D eigenvalue weighted by Crippen LogP contribution is 2.23. The van der Waals surface area contributed by atoms with Crippen LogP contribution in [-0.4, -0.2) is 46.5 Å². The molecule has 1 N–H and O–H groups in total. The molecule has 3 aromatic rings. The Morgan fingerprint density at radius 3 is 2.67 bits per heavy atom. The topological polar surface area (TPSA) is 76.5 Å². The second-order valence-corrected chi connectivity index (χ2v) is 7.26. The number of benzene rings is 1. The molecule has 1 fully saturated rings. The number of methoxy groups -OCH3 is 1. The largest absolute Gasteiger partial charge is 0.497 e. The lowest BCUT2D eigenvalue weighted by Gasteiger charge is -2.31. The van der Waals surface area contributed by atoms with E-state index in [0.29, 0.717) is 43.1 Å². The smallest absolute Gasteiger partial charge is 0.270 e. The molecule has 30 heavy (non-hydrogen) atoms. The minimum absolute atomic E-state index is 0.0194. The number of piperidine rings is 1. The van der Waals surface area contributed by atoms with Gasteiger partial charge in [0.15, 0.2) is 0 Å². The van der Waals surface area contributed by atoms with Crippen LogP contribution in [0, 0.1) is 5.92 Å². The minimum atomic E-state index is -0.120. The molecule has 1 aliphatic heterocycles. The fourth-order valence-corrected chi connectivity index (χ4v) is 3.73. The van der Waals surface area contributed by atoms with Crippen molar-refractivity contribution < 1.29 is 14.3 Å². The molecule has 154 valence electrons. The van der Waals surface area contributed by atoms with Gasteiger partial charge in [-0.25, -0.2) is 0 Å². The Morgan fingerprint density at radius 2 is 1.93 bits per heavy atom. The van der Waals surface area contributed by atoms with Crippen LogP contribution in [-0.2, 0) is 4.79 Å². The van der Waals surface area contributed by atoms with Crippen LogP contribution in [0.25, 0.3) is 5.69 Å². The predicted molar refractivity (Wildman–Crippen MR) is 114 cm³/mol. The van der Waals surface area contributed by atoms with E-state index in [9.17, 15) is 9.59 Å². The maximum atomic E-state index is 13.1. The number of pyridine rings is 1. The number of carbonyl (C=O) groups excluding carboxylic acids is 2. The Labute approximate surface area is 175 Å². The van der Waals surface area contributed by atoms with E-state index in [2.05, 4.69) is 10.3 Å². The molecule has 3 heterocycles. The van der Waals surface area contributed by atoms with Crippen LogP contribution in [0.4, 0.5) is 5.69 Å². The minimum Gasteiger partial charge on any atom is -0.497 e. The van der Waals surface area contributed by atoms with Gasteiger partial charge in [-0.05, 0) is 49.2 Å². The van der Waals surface area contributed by atoms with Gasteiger partial charge in [-0.2, -0.15) is 0 Å². The molecule has 0 aliphatic carbocycles. The molecule has 2 amide bonds. The van der Waals surface area contributed by atoms with Gasteiger partial charge in [0.05, 0.1) is 19.0 Å². The average molecular weight is 404 g/mol. The summed E-state index contributed by atoms with van der Waals surface area (Å²) in [6, 6.07) is 14.7. The van der Waals surface area contributed by atoms with Crippen molar-refractivity contribution in [1.82, 2.24) is 14.5 Å². The molecule has 1 aliphatic rings. The second-order valence-electron chi connectivity index (χ2n) is 7.26. The fourth-order valence-electron chi connectivity index (χ4n) is 3.73. The van der Waals surface area contributed by atoms with E-state index in [1.807, 2.05) is 58.1 Å². The highest BCUT2D eigenvalue weighted by atomic mass is 16.5. The number of anilines is 1. The van der Waals surface area contributed by atoms with Crippen molar-refractivity contribution in [3.8, 4) is 11.4 Å².